The molecule has 116 valence electrons. The molecular weight excluding hydrogens is 417 g/mol. The van der Waals surface area contributed by atoms with Crippen molar-refractivity contribution in [2.75, 3.05) is 12.4 Å². The van der Waals surface area contributed by atoms with Gasteiger partial charge in [-0.2, -0.15) is 0 Å². The molecule has 0 atom stereocenters. The van der Waals surface area contributed by atoms with Gasteiger partial charge < -0.3 is 9.47 Å². The fourth-order valence-electron chi connectivity index (χ4n) is 1.87. The van der Waals surface area contributed by atoms with E-state index in [1.165, 1.54) is 7.11 Å². The molecule has 0 saturated heterocycles. The number of aryl methyl sites for hydroxylation is 2. The van der Waals surface area contributed by atoms with Gasteiger partial charge in [0.15, 0.2) is 0 Å². The van der Waals surface area contributed by atoms with E-state index < -0.39 is 6.09 Å². The Hall–Kier alpha value is -1.47. The van der Waals surface area contributed by atoms with E-state index >= 15 is 0 Å². The van der Waals surface area contributed by atoms with E-state index in [4.69, 9.17) is 21.1 Å². The van der Waals surface area contributed by atoms with Gasteiger partial charge in [-0.1, -0.05) is 11.6 Å². The number of benzene rings is 2. The smallest absolute Gasteiger partial charge is 0.417 e. The Bertz CT molecular complexity index is 719. The SMILES string of the molecule is COc1cc(Cl)ccc1NC(=O)Oc1cc(C)c(I)cc1C. The summed E-state index contributed by atoms with van der Waals surface area (Å²) in [5.41, 5.74) is 2.45. The maximum Gasteiger partial charge on any atom is 0.417 e. The normalized spacial score (nSPS) is 10.2. The summed E-state index contributed by atoms with van der Waals surface area (Å²) in [6.07, 6.45) is -0.579. The first kappa shape index (κ1) is 16.9. The third kappa shape index (κ3) is 4.04. The van der Waals surface area contributed by atoms with Gasteiger partial charge >= 0.3 is 6.09 Å². The van der Waals surface area contributed by atoms with Crippen LogP contribution in [0, 0.1) is 17.4 Å². The van der Waals surface area contributed by atoms with Crippen LogP contribution in [0.4, 0.5) is 10.5 Å². The van der Waals surface area contributed by atoms with Crippen molar-refractivity contribution in [3.05, 3.63) is 50.1 Å². The van der Waals surface area contributed by atoms with Crippen LogP contribution in [-0.4, -0.2) is 13.2 Å². The van der Waals surface area contributed by atoms with Crippen molar-refractivity contribution in [2.45, 2.75) is 13.8 Å². The minimum Gasteiger partial charge on any atom is -0.495 e. The molecule has 0 heterocycles. The van der Waals surface area contributed by atoms with Gasteiger partial charge in [-0.05, 0) is 71.8 Å². The number of nitrogens with one attached hydrogen (secondary N) is 1. The van der Waals surface area contributed by atoms with Crippen molar-refractivity contribution in [2.24, 2.45) is 0 Å². The van der Waals surface area contributed by atoms with Crippen LogP contribution >= 0.6 is 34.2 Å². The molecular formula is C16H15ClINO3. The average molecular weight is 432 g/mol. The summed E-state index contributed by atoms with van der Waals surface area (Å²) in [5, 5.41) is 3.18. The first-order valence-corrected chi connectivity index (χ1v) is 7.95. The Kier molecular flexibility index (Phi) is 5.52. The molecule has 0 bridgehead atoms. The van der Waals surface area contributed by atoms with Crippen molar-refractivity contribution in [3.63, 3.8) is 0 Å². The Morgan fingerprint density at radius 1 is 1.14 bits per heavy atom. The molecule has 1 amide bonds. The van der Waals surface area contributed by atoms with Gasteiger partial charge in [0.2, 0.25) is 0 Å². The second-order valence-corrected chi connectivity index (χ2v) is 6.32. The minimum absolute atomic E-state index is 0.472. The molecule has 0 spiro atoms. The lowest BCUT2D eigenvalue weighted by atomic mass is 10.1. The Balaban J connectivity index is 2.16. The third-order valence-corrected chi connectivity index (χ3v) is 4.46. The number of carbonyl (C=O) groups excluding carboxylic acids is 1. The van der Waals surface area contributed by atoms with E-state index in [9.17, 15) is 4.79 Å². The predicted octanol–water partition coefficient (Wildman–Crippen LogP) is 5.18. The summed E-state index contributed by atoms with van der Waals surface area (Å²) in [6, 6.07) is 8.77. The largest absolute Gasteiger partial charge is 0.495 e. The summed E-state index contributed by atoms with van der Waals surface area (Å²) < 4.78 is 11.7. The Morgan fingerprint density at radius 2 is 1.86 bits per heavy atom. The molecule has 2 rings (SSSR count). The zero-order chi connectivity index (χ0) is 16.3. The fourth-order valence-corrected chi connectivity index (χ4v) is 2.65. The fraction of sp³-hybridized carbons (Fsp3) is 0.188. The highest BCUT2D eigenvalue weighted by atomic mass is 127. The number of rotatable bonds is 3. The maximum atomic E-state index is 12.1. The highest BCUT2D eigenvalue weighted by molar-refractivity contribution is 14.1. The number of halogens is 2. The summed E-state index contributed by atoms with van der Waals surface area (Å²) >= 11 is 8.14. The zero-order valence-corrected chi connectivity index (χ0v) is 15.3. The van der Waals surface area contributed by atoms with E-state index in [2.05, 4.69) is 27.9 Å². The summed E-state index contributed by atoms with van der Waals surface area (Å²) in [5.74, 6) is 1.00. The highest BCUT2D eigenvalue weighted by Gasteiger charge is 2.12. The average Bonchev–Trinajstić information content (AvgIpc) is 2.46. The zero-order valence-electron chi connectivity index (χ0n) is 12.4. The first-order chi connectivity index (χ1) is 10.4. The van der Waals surface area contributed by atoms with Crippen LogP contribution in [0.25, 0.3) is 0 Å². The van der Waals surface area contributed by atoms with Crippen LogP contribution in [0.5, 0.6) is 11.5 Å². The van der Waals surface area contributed by atoms with Crippen LogP contribution in [0.3, 0.4) is 0 Å². The van der Waals surface area contributed by atoms with Gasteiger partial charge in [0.25, 0.3) is 0 Å². The van der Waals surface area contributed by atoms with Crippen LogP contribution in [-0.2, 0) is 0 Å². The van der Waals surface area contributed by atoms with Crippen LogP contribution < -0.4 is 14.8 Å². The number of hydrogen-bond donors (Lipinski definition) is 1. The maximum absolute atomic E-state index is 12.1. The van der Waals surface area contributed by atoms with E-state index in [-0.39, 0.29) is 0 Å². The quantitative estimate of drug-likeness (QED) is 0.681. The van der Waals surface area contributed by atoms with Gasteiger partial charge in [-0.25, -0.2) is 4.79 Å². The number of amides is 1. The molecule has 6 heteroatoms. The second kappa shape index (κ2) is 7.19. The Morgan fingerprint density at radius 3 is 2.55 bits per heavy atom. The predicted molar refractivity (Wildman–Crippen MR) is 96.3 cm³/mol. The lowest BCUT2D eigenvalue weighted by molar-refractivity contribution is 0.214. The van der Waals surface area contributed by atoms with Gasteiger partial charge in [0, 0.05) is 14.7 Å². The van der Waals surface area contributed by atoms with Gasteiger partial charge in [-0.3, -0.25) is 5.32 Å². The molecule has 1 N–H and O–H groups in total. The first-order valence-electron chi connectivity index (χ1n) is 6.50. The van der Waals surface area contributed by atoms with Crippen LogP contribution in [0.1, 0.15) is 11.1 Å². The van der Waals surface area contributed by atoms with Crippen LogP contribution in [0.2, 0.25) is 5.02 Å². The molecule has 0 aliphatic carbocycles. The third-order valence-electron chi connectivity index (χ3n) is 3.06. The molecule has 22 heavy (non-hydrogen) atoms. The van der Waals surface area contributed by atoms with Crippen molar-refractivity contribution in [1.29, 1.82) is 0 Å². The number of hydrogen-bond acceptors (Lipinski definition) is 3. The molecule has 4 nitrogen and oxygen atoms in total. The molecule has 0 fully saturated rings. The van der Waals surface area contributed by atoms with Crippen molar-refractivity contribution >= 4 is 46.0 Å². The monoisotopic (exact) mass is 431 g/mol. The van der Waals surface area contributed by atoms with Crippen molar-refractivity contribution in [3.8, 4) is 11.5 Å². The standard InChI is InChI=1S/C16H15ClINO3/c1-9-7-14(10(2)6-12(9)18)22-16(20)19-13-5-4-11(17)8-15(13)21-3/h4-8H,1-3H3,(H,19,20). The Labute approximate surface area is 147 Å². The number of methoxy groups -OCH3 is 1. The summed E-state index contributed by atoms with van der Waals surface area (Å²) in [4.78, 5) is 12.1. The summed E-state index contributed by atoms with van der Waals surface area (Å²) in [6.45, 7) is 3.86. The van der Waals surface area contributed by atoms with Crippen molar-refractivity contribution in [1.82, 2.24) is 0 Å². The number of anilines is 1. The second-order valence-electron chi connectivity index (χ2n) is 4.73. The minimum atomic E-state index is -0.579. The van der Waals surface area contributed by atoms with Gasteiger partial charge in [0.1, 0.15) is 11.5 Å². The molecule has 2 aromatic carbocycles. The lowest BCUT2D eigenvalue weighted by Crippen LogP contribution is -2.17. The number of ether oxygens (including phenoxy) is 2. The molecule has 0 aromatic heterocycles. The lowest BCUT2D eigenvalue weighted by Gasteiger charge is -2.12. The van der Waals surface area contributed by atoms with E-state index in [0.29, 0.717) is 22.2 Å². The van der Waals surface area contributed by atoms with E-state index in [1.54, 1.807) is 18.2 Å². The van der Waals surface area contributed by atoms with Crippen molar-refractivity contribution < 1.29 is 14.3 Å². The van der Waals surface area contributed by atoms with E-state index in [0.717, 1.165) is 14.7 Å². The molecule has 0 unspecified atom stereocenters. The topological polar surface area (TPSA) is 47.6 Å². The van der Waals surface area contributed by atoms with Crippen LogP contribution in [0.15, 0.2) is 30.3 Å². The highest BCUT2D eigenvalue weighted by Crippen LogP contribution is 2.29. The molecule has 2 aromatic rings. The molecule has 0 saturated carbocycles. The molecule has 0 aliphatic heterocycles. The summed E-state index contributed by atoms with van der Waals surface area (Å²) in [7, 11) is 1.51. The molecule has 0 radical (unpaired) electrons. The van der Waals surface area contributed by atoms with E-state index in [1.807, 2.05) is 26.0 Å². The van der Waals surface area contributed by atoms with Gasteiger partial charge in [0.05, 0.1) is 12.8 Å². The molecule has 0 aliphatic rings. The van der Waals surface area contributed by atoms with Gasteiger partial charge in [-0.15, -0.1) is 0 Å². The number of carbonyl (C=O) groups is 1.